The predicted molar refractivity (Wildman–Crippen MR) is 71.1 cm³/mol. The number of nitrogens with zero attached hydrogens (tertiary/aromatic N) is 5. The molecule has 7 nitrogen and oxygen atoms in total. The fourth-order valence-corrected chi connectivity index (χ4v) is 3.27. The summed E-state index contributed by atoms with van der Waals surface area (Å²) in [4.78, 5) is 6.87. The Kier molecular flexibility index (Phi) is 3.21. The lowest BCUT2D eigenvalue weighted by Gasteiger charge is -2.41. The van der Waals surface area contributed by atoms with E-state index in [1.165, 1.54) is 19.3 Å². The molecule has 2 saturated heterocycles. The van der Waals surface area contributed by atoms with Crippen molar-refractivity contribution in [3.63, 3.8) is 0 Å². The van der Waals surface area contributed by atoms with Gasteiger partial charge in [-0.3, -0.25) is 4.90 Å². The minimum atomic E-state index is -0.103. The van der Waals surface area contributed by atoms with E-state index >= 15 is 0 Å². The van der Waals surface area contributed by atoms with Gasteiger partial charge < -0.3 is 9.26 Å². The molecule has 2 aromatic heterocycles. The fourth-order valence-electron chi connectivity index (χ4n) is 2.87. The summed E-state index contributed by atoms with van der Waals surface area (Å²) in [7, 11) is 0. The number of morpholine rings is 1. The van der Waals surface area contributed by atoms with E-state index in [1.54, 1.807) is 6.20 Å². The van der Waals surface area contributed by atoms with E-state index in [1.807, 2.05) is 0 Å². The highest BCUT2D eigenvalue weighted by Crippen LogP contribution is 2.29. The molecule has 0 saturated carbocycles. The molecule has 4 rings (SSSR count). The summed E-state index contributed by atoms with van der Waals surface area (Å²) in [5.41, 5.74) is 0.625. The van der Waals surface area contributed by atoms with Gasteiger partial charge in [0.1, 0.15) is 6.10 Å². The number of hydrogen-bond donors (Lipinski definition) is 0. The molecule has 0 radical (unpaired) electrons. The van der Waals surface area contributed by atoms with E-state index in [4.69, 9.17) is 9.26 Å². The molecule has 2 fully saturated rings. The molecule has 4 heterocycles. The first-order valence-electron chi connectivity index (χ1n) is 6.87. The normalized spacial score (nSPS) is 27.4. The van der Waals surface area contributed by atoms with Gasteiger partial charge in [0.2, 0.25) is 5.82 Å². The Morgan fingerprint density at radius 1 is 1.35 bits per heavy atom. The number of piperidine rings is 1. The van der Waals surface area contributed by atoms with Crippen molar-refractivity contribution in [1.82, 2.24) is 23.8 Å². The number of fused-ring (bicyclic) bond motifs is 1. The van der Waals surface area contributed by atoms with Crippen molar-refractivity contribution in [3.05, 3.63) is 12.0 Å². The number of aromatic nitrogens is 4. The lowest BCUT2D eigenvalue weighted by molar-refractivity contribution is -0.0805. The molecule has 8 heteroatoms. The third-order valence-electron chi connectivity index (χ3n) is 3.95. The molecule has 0 aromatic carbocycles. The highest BCUT2D eigenvalue weighted by atomic mass is 32.1. The van der Waals surface area contributed by atoms with Crippen molar-refractivity contribution in [1.29, 1.82) is 0 Å². The molecule has 2 aliphatic heterocycles. The smallest absolute Gasteiger partial charge is 0.279 e. The van der Waals surface area contributed by atoms with Crippen LogP contribution in [0.2, 0.25) is 0 Å². The van der Waals surface area contributed by atoms with Gasteiger partial charge in [-0.1, -0.05) is 11.6 Å². The minimum Gasteiger partial charge on any atom is -0.367 e. The zero-order valence-corrected chi connectivity index (χ0v) is 11.8. The van der Waals surface area contributed by atoms with E-state index in [2.05, 4.69) is 23.8 Å². The Morgan fingerprint density at radius 3 is 3.25 bits per heavy atom. The van der Waals surface area contributed by atoms with Crippen LogP contribution in [-0.2, 0) is 4.74 Å². The van der Waals surface area contributed by atoms with E-state index in [-0.39, 0.29) is 6.10 Å². The number of ether oxygens (including phenoxy) is 1. The van der Waals surface area contributed by atoms with Gasteiger partial charge in [0.05, 0.1) is 24.5 Å². The topological polar surface area (TPSA) is 77.2 Å². The quantitative estimate of drug-likeness (QED) is 0.830. The molecule has 0 unspecified atom stereocenters. The van der Waals surface area contributed by atoms with Crippen LogP contribution in [-0.4, -0.2) is 49.5 Å². The molecule has 2 aromatic rings. The van der Waals surface area contributed by atoms with Crippen molar-refractivity contribution in [2.24, 2.45) is 0 Å². The largest absolute Gasteiger partial charge is 0.367 e. The van der Waals surface area contributed by atoms with E-state index in [9.17, 15) is 0 Å². The Hall–Kier alpha value is -1.38. The first-order chi connectivity index (χ1) is 9.90. The molecule has 2 aliphatic rings. The molecule has 20 heavy (non-hydrogen) atoms. The van der Waals surface area contributed by atoms with Crippen molar-refractivity contribution in [2.75, 3.05) is 19.7 Å². The van der Waals surface area contributed by atoms with Crippen molar-refractivity contribution >= 4 is 11.7 Å². The highest BCUT2D eigenvalue weighted by Gasteiger charge is 2.33. The maximum absolute atomic E-state index is 5.90. The molecular weight excluding hydrogens is 278 g/mol. The van der Waals surface area contributed by atoms with E-state index < -0.39 is 0 Å². The number of rotatable bonds is 2. The van der Waals surface area contributed by atoms with Gasteiger partial charge in [-0.05, 0) is 19.4 Å². The van der Waals surface area contributed by atoms with Crippen LogP contribution in [0.3, 0.4) is 0 Å². The van der Waals surface area contributed by atoms with Crippen LogP contribution in [0.25, 0.3) is 11.6 Å². The second-order valence-electron chi connectivity index (χ2n) is 5.22. The third kappa shape index (κ3) is 2.23. The van der Waals surface area contributed by atoms with Gasteiger partial charge in [-0.25, -0.2) is 0 Å². The van der Waals surface area contributed by atoms with Crippen LogP contribution in [0.4, 0.5) is 0 Å². The molecule has 2 atom stereocenters. The maximum atomic E-state index is 5.90. The van der Waals surface area contributed by atoms with Crippen LogP contribution in [0.15, 0.2) is 10.7 Å². The lowest BCUT2D eigenvalue weighted by atomic mass is 10.0. The van der Waals surface area contributed by atoms with Crippen molar-refractivity contribution in [2.45, 2.75) is 31.4 Å². The number of hydrogen-bond acceptors (Lipinski definition) is 8. The minimum absolute atomic E-state index is 0.103. The van der Waals surface area contributed by atoms with E-state index in [0.717, 1.165) is 31.4 Å². The van der Waals surface area contributed by atoms with Gasteiger partial charge in [-0.15, -0.1) is 0 Å². The Balaban J connectivity index is 1.50. The first-order valence-corrected chi connectivity index (χ1v) is 7.60. The monoisotopic (exact) mass is 293 g/mol. The SMILES string of the molecule is c1nsnc1-c1nc([C@@H]2CN3CCCC[C@H]3CO2)no1. The van der Waals surface area contributed by atoms with Gasteiger partial charge in [0.25, 0.3) is 5.89 Å². The van der Waals surface area contributed by atoms with Crippen LogP contribution < -0.4 is 0 Å². The summed E-state index contributed by atoms with van der Waals surface area (Å²) in [5, 5.41) is 4.03. The van der Waals surface area contributed by atoms with E-state index in [0.29, 0.717) is 23.5 Å². The Bertz CT molecular complexity index is 572. The zero-order chi connectivity index (χ0) is 13.4. The van der Waals surface area contributed by atoms with Gasteiger partial charge >= 0.3 is 0 Å². The highest BCUT2D eigenvalue weighted by molar-refractivity contribution is 6.99. The Labute approximate surface area is 120 Å². The molecule has 0 spiro atoms. The van der Waals surface area contributed by atoms with Gasteiger partial charge in [0.15, 0.2) is 5.69 Å². The van der Waals surface area contributed by atoms with Crippen LogP contribution in [0, 0.1) is 0 Å². The zero-order valence-electron chi connectivity index (χ0n) is 10.9. The second kappa shape index (κ2) is 5.19. The van der Waals surface area contributed by atoms with Crippen molar-refractivity contribution < 1.29 is 9.26 Å². The molecule has 0 bridgehead atoms. The van der Waals surface area contributed by atoms with Crippen LogP contribution in [0.5, 0.6) is 0 Å². The molecular formula is C12H15N5O2S. The summed E-state index contributed by atoms with van der Waals surface area (Å²) in [6.07, 6.45) is 5.33. The Morgan fingerprint density at radius 2 is 2.35 bits per heavy atom. The van der Waals surface area contributed by atoms with Gasteiger partial charge in [0, 0.05) is 12.6 Å². The maximum Gasteiger partial charge on any atom is 0.279 e. The van der Waals surface area contributed by atoms with Crippen LogP contribution in [0.1, 0.15) is 31.2 Å². The summed E-state index contributed by atoms with van der Waals surface area (Å²) < 4.78 is 19.2. The van der Waals surface area contributed by atoms with Crippen molar-refractivity contribution in [3.8, 4) is 11.6 Å². The van der Waals surface area contributed by atoms with Crippen LogP contribution >= 0.6 is 11.7 Å². The summed E-state index contributed by atoms with van der Waals surface area (Å²) >= 11 is 1.13. The first kappa shape index (κ1) is 12.4. The molecule has 0 amide bonds. The average Bonchev–Trinajstić information content (AvgIpc) is 3.17. The summed E-state index contributed by atoms with van der Waals surface area (Å²) in [5.74, 6) is 1.02. The molecule has 0 N–H and O–H groups in total. The lowest BCUT2D eigenvalue weighted by Crippen LogP contribution is -2.49. The summed E-state index contributed by atoms with van der Waals surface area (Å²) in [6.45, 7) is 2.75. The average molecular weight is 293 g/mol. The van der Waals surface area contributed by atoms with Gasteiger partial charge in [-0.2, -0.15) is 13.7 Å². The molecule has 0 aliphatic carbocycles. The second-order valence-corrected chi connectivity index (χ2v) is 5.77. The predicted octanol–water partition coefficient (Wildman–Crippen LogP) is 1.51. The summed E-state index contributed by atoms with van der Waals surface area (Å²) in [6, 6.07) is 0.564. The molecule has 106 valence electrons. The fraction of sp³-hybridized carbons (Fsp3) is 0.667. The standard InChI is InChI=1S/C12H15N5O2S/c1-2-4-17-6-10(18-7-8(17)3-1)11-14-12(19-15-11)9-5-13-20-16-9/h5,8,10H,1-4,6-7H2/t8-,10-/m0/s1. The third-order valence-corrected chi connectivity index (χ3v) is 4.43.